The SMILES string of the molecule is O=C(NCC(=O)c1ccc(O)c(O)c1)OCc1ccccc1. The predicted octanol–water partition coefficient (Wildman–Crippen LogP) is 2.21. The first-order valence-electron chi connectivity index (χ1n) is 6.56. The standard InChI is InChI=1S/C16H15NO5/c18-13-7-6-12(8-14(13)19)15(20)9-17-16(21)22-10-11-4-2-1-3-5-11/h1-8,18-19H,9-10H2,(H,17,21). The molecule has 0 radical (unpaired) electrons. The first-order valence-corrected chi connectivity index (χ1v) is 6.56. The number of hydrogen-bond donors (Lipinski definition) is 3. The Labute approximate surface area is 127 Å². The predicted molar refractivity (Wildman–Crippen MR) is 78.7 cm³/mol. The fourth-order valence-electron chi connectivity index (χ4n) is 1.73. The van der Waals surface area contributed by atoms with Crippen LogP contribution in [-0.4, -0.2) is 28.6 Å². The molecule has 0 fully saturated rings. The van der Waals surface area contributed by atoms with Crippen molar-refractivity contribution in [2.24, 2.45) is 0 Å². The van der Waals surface area contributed by atoms with Crippen LogP contribution in [0.25, 0.3) is 0 Å². The molecule has 0 unspecified atom stereocenters. The van der Waals surface area contributed by atoms with E-state index in [9.17, 15) is 19.8 Å². The summed E-state index contributed by atoms with van der Waals surface area (Å²) in [5.74, 6) is -1.11. The van der Waals surface area contributed by atoms with Crippen LogP contribution in [0.4, 0.5) is 4.79 Å². The van der Waals surface area contributed by atoms with Crippen molar-refractivity contribution < 1.29 is 24.5 Å². The number of Topliss-reactive ketones (excluding diaryl/α,β-unsaturated/α-hetero) is 1. The minimum absolute atomic E-state index is 0.112. The van der Waals surface area contributed by atoms with Gasteiger partial charge in [0.2, 0.25) is 0 Å². The second-order valence-electron chi connectivity index (χ2n) is 4.54. The van der Waals surface area contributed by atoms with Gasteiger partial charge in [0.15, 0.2) is 17.3 Å². The molecule has 6 nitrogen and oxygen atoms in total. The van der Waals surface area contributed by atoms with Crippen molar-refractivity contribution >= 4 is 11.9 Å². The zero-order chi connectivity index (χ0) is 15.9. The Kier molecular flexibility index (Phi) is 4.98. The summed E-state index contributed by atoms with van der Waals surface area (Å²) < 4.78 is 4.97. The Morgan fingerprint density at radius 1 is 1.00 bits per heavy atom. The van der Waals surface area contributed by atoms with Crippen molar-refractivity contribution in [1.82, 2.24) is 5.32 Å². The summed E-state index contributed by atoms with van der Waals surface area (Å²) in [5.41, 5.74) is 1.02. The summed E-state index contributed by atoms with van der Waals surface area (Å²) in [6.07, 6.45) is -0.708. The van der Waals surface area contributed by atoms with Gasteiger partial charge < -0.3 is 20.3 Å². The topological polar surface area (TPSA) is 95.9 Å². The molecule has 1 amide bonds. The molecule has 2 aromatic carbocycles. The Bertz CT molecular complexity index is 669. The van der Waals surface area contributed by atoms with E-state index in [1.807, 2.05) is 30.3 Å². The second kappa shape index (κ2) is 7.12. The number of ether oxygens (including phenoxy) is 1. The number of nitrogens with one attached hydrogen (secondary N) is 1. The third kappa shape index (κ3) is 4.24. The number of hydrogen-bond acceptors (Lipinski definition) is 5. The van der Waals surface area contributed by atoms with E-state index in [0.29, 0.717) is 0 Å². The van der Waals surface area contributed by atoms with Gasteiger partial charge in [0.1, 0.15) is 6.61 Å². The normalized spacial score (nSPS) is 10.0. The first-order chi connectivity index (χ1) is 10.6. The van der Waals surface area contributed by atoms with Gasteiger partial charge in [0, 0.05) is 5.56 Å². The number of phenols is 2. The molecule has 6 heteroatoms. The lowest BCUT2D eigenvalue weighted by Gasteiger charge is -2.07. The van der Waals surface area contributed by atoms with Crippen molar-refractivity contribution in [1.29, 1.82) is 0 Å². The van der Waals surface area contributed by atoms with Crippen molar-refractivity contribution in [2.45, 2.75) is 6.61 Å². The molecule has 0 aliphatic rings. The van der Waals surface area contributed by atoms with Gasteiger partial charge in [-0.2, -0.15) is 0 Å². The lowest BCUT2D eigenvalue weighted by Crippen LogP contribution is -2.30. The molecule has 0 saturated carbocycles. The summed E-state index contributed by atoms with van der Waals surface area (Å²) in [4.78, 5) is 23.3. The average Bonchev–Trinajstić information content (AvgIpc) is 2.54. The fourth-order valence-corrected chi connectivity index (χ4v) is 1.73. The van der Waals surface area contributed by atoms with E-state index < -0.39 is 17.6 Å². The summed E-state index contributed by atoms with van der Waals surface area (Å²) in [6, 6.07) is 12.8. The van der Waals surface area contributed by atoms with Crippen molar-refractivity contribution in [2.75, 3.05) is 6.54 Å². The molecule has 0 heterocycles. The summed E-state index contributed by atoms with van der Waals surface area (Å²) >= 11 is 0. The number of rotatable bonds is 5. The van der Waals surface area contributed by atoms with Gasteiger partial charge in [-0.25, -0.2) is 4.79 Å². The largest absolute Gasteiger partial charge is 0.504 e. The Morgan fingerprint density at radius 2 is 1.73 bits per heavy atom. The molecule has 0 aliphatic carbocycles. The molecule has 0 atom stereocenters. The molecule has 22 heavy (non-hydrogen) atoms. The monoisotopic (exact) mass is 301 g/mol. The molecule has 3 N–H and O–H groups in total. The van der Waals surface area contributed by atoms with Crippen molar-refractivity contribution in [3.63, 3.8) is 0 Å². The van der Waals surface area contributed by atoms with Crippen LogP contribution in [0.5, 0.6) is 11.5 Å². The van der Waals surface area contributed by atoms with Crippen LogP contribution in [0.15, 0.2) is 48.5 Å². The fraction of sp³-hybridized carbons (Fsp3) is 0.125. The van der Waals surface area contributed by atoms with Crippen LogP contribution in [0.3, 0.4) is 0 Å². The van der Waals surface area contributed by atoms with Crippen LogP contribution in [0.1, 0.15) is 15.9 Å². The molecule has 114 valence electrons. The smallest absolute Gasteiger partial charge is 0.407 e. The zero-order valence-corrected chi connectivity index (χ0v) is 11.7. The number of aromatic hydroxyl groups is 2. The zero-order valence-electron chi connectivity index (χ0n) is 11.7. The lowest BCUT2D eigenvalue weighted by atomic mass is 10.1. The van der Waals surface area contributed by atoms with E-state index in [1.165, 1.54) is 12.1 Å². The third-order valence-electron chi connectivity index (χ3n) is 2.90. The molecule has 0 saturated heterocycles. The van der Waals surface area contributed by atoms with Gasteiger partial charge in [-0.15, -0.1) is 0 Å². The highest BCUT2D eigenvalue weighted by molar-refractivity contribution is 5.99. The molecule has 0 aliphatic heterocycles. The lowest BCUT2D eigenvalue weighted by molar-refractivity contribution is 0.0973. The van der Waals surface area contributed by atoms with E-state index in [4.69, 9.17) is 4.74 Å². The molecule has 2 aromatic rings. The highest BCUT2D eigenvalue weighted by Crippen LogP contribution is 2.24. The van der Waals surface area contributed by atoms with Gasteiger partial charge >= 0.3 is 6.09 Å². The number of benzene rings is 2. The van der Waals surface area contributed by atoms with Crippen LogP contribution < -0.4 is 5.32 Å². The number of carbonyl (C=O) groups is 2. The summed E-state index contributed by atoms with van der Waals surface area (Å²) in [6.45, 7) is -0.154. The maximum absolute atomic E-state index is 11.8. The molecule has 2 rings (SSSR count). The van der Waals surface area contributed by atoms with E-state index in [1.54, 1.807) is 0 Å². The average molecular weight is 301 g/mol. The van der Waals surface area contributed by atoms with E-state index in [2.05, 4.69) is 5.32 Å². The van der Waals surface area contributed by atoms with Gasteiger partial charge in [-0.3, -0.25) is 4.79 Å². The van der Waals surface area contributed by atoms with Crippen LogP contribution in [0.2, 0.25) is 0 Å². The number of alkyl carbamates (subject to hydrolysis) is 1. The van der Waals surface area contributed by atoms with E-state index in [0.717, 1.165) is 11.6 Å². The highest BCUT2D eigenvalue weighted by Gasteiger charge is 2.11. The van der Waals surface area contributed by atoms with Gasteiger partial charge in [0.05, 0.1) is 6.54 Å². The maximum Gasteiger partial charge on any atom is 0.407 e. The van der Waals surface area contributed by atoms with Crippen LogP contribution >= 0.6 is 0 Å². The first kappa shape index (κ1) is 15.4. The Balaban J connectivity index is 1.80. The van der Waals surface area contributed by atoms with Crippen molar-refractivity contribution in [3.05, 3.63) is 59.7 Å². The summed E-state index contributed by atoms with van der Waals surface area (Å²) in [7, 11) is 0. The highest BCUT2D eigenvalue weighted by atomic mass is 16.5. The molecule has 0 spiro atoms. The number of carbonyl (C=O) groups excluding carboxylic acids is 2. The van der Waals surface area contributed by atoms with Gasteiger partial charge in [-0.1, -0.05) is 30.3 Å². The van der Waals surface area contributed by atoms with E-state index in [-0.39, 0.29) is 24.5 Å². The number of ketones is 1. The number of amides is 1. The molecular formula is C16H15NO5. The minimum atomic E-state index is -0.708. The Morgan fingerprint density at radius 3 is 2.41 bits per heavy atom. The molecule has 0 bridgehead atoms. The van der Waals surface area contributed by atoms with E-state index >= 15 is 0 Å². The van der Waals surface area contributed by atoms with Crippen LogP contribution in [0, 0.1) is 0 Å². The molecule has 0 aromatic heterocycles. The maximum atomic E-state index is 11.8. The van der Waals surface area contributed by atoms with Crippen LogP contribution in [-0.2, 0) is 11.3 Å². The number of phenolic OH excluding ortho intramolecular Hbond substituents is 2. The van der Waals surface area contributed by atoms with Gasteiger partial charge in [-0.05, 0) is 23.8 Å². The quantitative estimate of drug-likeness (QED) is 0.581. The second-order valence-corrected chi connectivity index (χ2v) is 4.54. The summed E-state index contributed by atoms with van der Waals surface area (Å²) in [5, 5.41) is 20.8. The molecular weight excluding hydrogens is 286 g/mol. The van der Waals surface area contributed by atoms with Crippen molar-refractivity contribution in [3.8, 4) is 11.5 Å². The minimum Gasteiger partial charge on any atom is -0.504 e. The third-order valence-corrected chi connectivity index (χ3v) is 2.90. The Hall–Kier alpha value is -3.02. The van der Waals surface area contributed by atoms with Gasteiger partial charge in [0.25, 0.3) is 0 Å².